The van der Waals surface area contributed by atoms with Gasteiger partial charge in [0.05, 0.1) is 0 Å². The van der Waals surface area contributed by atoms with Gasteiger partial charge in [-0.25, -0.2) is 0 Å². The van der Waals surface area contributed by atoms with Crippen LogP contribution in [0.2, 0.25) is 0 Å². The van der Waals surface area contributed by atoms with Crippen LogP contribution in [0.1, 0.15) is 14.8 Å². The minimum absolute atomic E-state index is 0. The van der Waals surface area contributed by atoms with Crippen LogP contribution >= 0.6 is 0 Å². The molecule has 0 saturated heterocycles. The van der Waals surface area contributed by atoms with Crippen LogP contribution in [0.15, 0.2) is 5.11 Å². The van der Waals surface area contributed by atoms with Gasteiger partial charge in [0.25, 0.3) is 0 Å². The Morgan fingerprint density at radius 3 is 2.57 bits per heavy atom. The van der Waals surface area contributed by atoms with Gasteiger partial charge in [-0.15, -0.1) is 0 Å². The van der Waals surface area contributed by atoms with Gasteiger partial charge in [-0.1, -0.05) is 18.5 Å². The zero-order valence-corrected chi connectivity index (χ0v) is 6.76. The van der Waals surface area contributed by atoms with Gasteiger partial charge in [0.1, 0.15) is 0 Å². The van der Waals surface area contributed by atoms with E-state index in [0.29, 0.717) is 6.54 Å². The predicted octanol–water partition coefficient (Wildman–Crippen LogP) is -1.18. The minimum Gasteiger partial charge on any atom is -1.00 e. The molecular weight excluding hydrogens is 101 g/mol. The van der Waals surface area contributed by atoms with Gasteiger partial charge in [-0.3, -0.25) is 0 Å². The summed E-state index contributed by atoms with van der Waals surface area (Å²) in [6.45, 7) is 2.59. The molecule has 0 fully saturated rings. The Hall–Kier alpha value is 0.310. The molecule has 0 aromatic heterocycles. The zero-order chi connectivity index (χ0) is 4.83. The van der Waals surface area contributed by atoms with Gasteiger partial charge in [0.2, 0.25) is 0 Å². The monoisotopic (exact) mass is 109 g/mol. The van der Waals surface area contributed by atoms with Crippen molar-refractivity contribution in [2.75, 3.05) is 6.54 Å². The molecule has 0 heterocycles. The molecule has 0 aliphatic heterocycles. The molecule has 0 bridgehead atoms. The summed E-state index contributed by atoms with van der Waals surface area (Å²) in [6, 6.07) is 0. The summed E-state index contributed by atoms with van der Waals surface area (Å²) in [5, 5.41) is 3.27. The van der Waals surface area contributed by atoms with Gasteiger partial charge < -0.3 is 1.43 Å². The fourth-order valence-corrected chi connectivity index (χ4v) is 0.145. The van der Waals surface area contributed by atoms with Crippen molar-refractivity contribution in [1.29, 1.82) is 0 Å². The Morgan fingerprint density at radius 1 is 1.86 bits per heavy atom. The standard InChI is InChI=1S/C3H7N3.Na.H/c1-2-3-5-6-4;;/h2-3H2,1H3;;/q;+1;-1. The van der Waals surface area contributed by atoms with Crippen molar-refractivity contribution in [2.24, 2.45) is 5.11 Å². The average Bonchev–Trinajstić information content (AvgIpc) is 1.61. The van der Waals surface area contributed by atoms with Crippen molar-refractivity contribution in [3.63, 3.8) is 0 Å². The van der Waals surface area contributed by atoms with Gasteiger partial charge in [0, 0.05) is 11.5 Å². The number of azide groups is 1. The van der Waals surface area contributed by atoms with E-state index in [1.54, 1.807) is 0 Å². The van der Waals surface area contributed by atoms with E-state index < -0.39 is 0 Å². The molecule has 0 aliphatic rings. The van der Waals surface area contributed by atoms with Crippen molar-refractivity contribution in [3.05, 3.63) is 10.4 Å². The van der Waals surface area contributed by atoms with E-state index in [1.165, 1.54) is 0 Å². The summed E-state index contributed by atoms with van der Waals surface area (Å²) in [4.78, 5) is 2.55. The Bertz CT molecular complexity index is 70.9. The third kappa shape index (κ3) is 10.7. The molecule has 7 heavy (non-hydrogen) atoms. The SMILES string of the molecule is CCCN=[N+]=[N-].[H-].[Na+]. The van der Waals surface area contributed by atoms with Gasteiger partial charge in [0.15, 0.2) is 0 Å². The quantitative estimate of drug-likeness (QED) is 0.185. The summed E-state index contributed by atoms with van der Waals surface area (Å²) < 4.78 is 0. The molecule has 0 amide bonds. The van der Waals surface area contributed by atoms with Crippen LogP contribution in [0.4, 0.5) is 0 Å². The number of nitrogens with zero attached hydrogens (tertiary/aromatic N) is 3. The molecule has 0 atom stereocenters. The van der Waals surface area contributed by atoms with Crippen molar-refractivity contribution >= 4 is 0 Å². The third-order valence-corrected chi connectivity index (χ3v) is 0.387. The Kier molecular flexibility index (Phi) is 14.1. The molecule has 0 radical (unpaired) electrons. The van der Waals surface area contributed by atoms with Crippen LogP contribution < -0.4 is 29.6 Å². The number of hydrogen-bond donors (Lipinski definition) is 0. The maximum atomic E-state index is 7.66. The van der Waals surface area contributed by atoms with E-state index in [9.17, 15) is 0 Å². The molecule has 3 nitrogen and oxygen atoms in total. The summed E-state index contributed by atoms with van der Waals surface area (Å²) in [5.74, 6) is 0. The molecule has 0 rings (SSSR count). The van der Waals surface area contributed by atoms with Gasteiger partial charge >= 0.3 is 29.6 Å². The van der Waals surface area contributed by atoms with Crippen molar-refractivity contribution in [2.45, 2.75) is 13.3 Å². The van der Waals surface area contributed by atoms with Crippen molar-refractivity contribution in [3.8, 4) is 0 Å². The third-order valence-electron chi connectivity index (χ3n) is 0.387. The topological polar surface area (TPSA) is 48.8 Å². The Labute approximate surface area is 66.5 Å². The normalized spacial score (nSPS) is 5.86. The van der Waals surface area contributed by atoms with Crippen LogP contribution in [-0.2, 0) is 0 Å². The largest absolute Gasteiger partial charge is 1.00 e. The molecule has 0 N–H and O–H groups in total. The van der Waals surface area contributed by atoms with E-state index in [1.807, 2.05) is 6.92 Å². The van der Waals surface area contributed by atoms with E-state index in [4.69, 9.17) is 5.53 Å². The molecule has 0 aliphatic carbocycles. The molecule has 36 valence electrons. The predicted molar refractivity (Wildman–Crippen MR) is 25.4 cm³/mol. The first-order valence-corrected chi connectivity index (χ1v) is 1.92. The summed E-state index contributed by atoms with van der Waals surface area (Å²) in [6.07, 6.45) is 0.935. The van der Waals surface area contributed by atoms with E-state index in [0.717, 1.165) is 6.42 Å². The molecule has 0 aromatic rings. The molecule has 0 aromatic carbocycles. The van der Waals surface area contributed by atoms with Gasteiger partial charge in [-0.05, 0) is 5.53 Å². The molecule has 0 saturated carbocycles. The van der Waals surface area contributed by atoms with Crippen LogP contribution in [0, 0.1) is 0 Å². The first-order valence-electron chi connectivity index (χ1n) is 1.92. The molecule has 4 heteroatoms. The average molecular weight is 109 g/mol. The maximum Gasteiger partial charge on any atom is 1.00 e. The zero-order valence-electron chi connectivity index (χ0n) is 5.76. The van der Waals surface area contributed by atoms with Gasteiger partial charge in [-0.2, -0.15) is 0 Å². The van der Waals surface area contributed by atoms with Crippen molar-refractivity contribution in [1.82, 2.24) is 0 Å². The second-order valence-electron chi connectivity index (χ2n) is 0.954. The molecule has 0 unspecified atom stereocenters. The van der Waals surface area contributed by atoms with E-state index in [2.05, 4.69) is 10.0 Å². The summed E-state index contributed by atoms with van der Waals surface area (Å²) >= 11 is 0. The summed E-state index contributed by atoms with van der Waals surface area (Å²) in [5.41, 5.74) is 7.66. The maximum absolute atomic E-state index is 7.66. The smallest absolute Gasteiger partial charge is 1.00 e. The second-order valence-corrected chi connectivity index (χ2v) is 0.954. The first-order chi connectivity index (χ1) is 2.91. The van der Waals surface area contributed by atoms with Crippen LogP contribution in [0.3, 0.4) is 0 Å². The minimum atomic E-state index is 0. The van der Waals surface area contributed by atoms with Crippen molar-refractivity contribution < 1.29 is 31.0 Å². The fraction of sp³-hybridized carbons (Fsp3) is 1.00. The fourth-order valence-electron chi connectivity index (χ4n) is 0.145. The Balaban J connectivity index is -0.000000125. The van der Waals surface area contributed by atoms with E-state index >= 15 is 0 Å². The van der Waals surface area contributed by atoms with E-state index in [-0.39, 0.29) is 31.0 Å². The van der Waals surface area contributed by atoms with Crippen LogP contribution in [0.25, 0.3) is 10.4 Å². The number of rotatable bonds is 2. The van der Waals surface area contributed by atoms with Crippen LogP contribution in [-0.4, -0.2) is 6.54 Å². The molecular formula is C3H8N3Na. The first kappa shape index (κ1) is 10.3. The number of hydrogen-bond acceptors (Lipinski definition) is 1. The second kappa shape index (κ2) is 9.58. The Morgan fingerprint density at radius 2 is 2.43 bits per heavy atom. The summed E-state index contributed by atoms with van der Waals surface area (Å²) in [7, 11) is 0. The molecule has 0 spiro atoms. The van der Waals surface area contributed by atoms with Crippen LogP contribution in [0.5, 0.6) is 0 Å².